The van der Waals surface area contributed by atoms with Gasteiger partial charge in [0.1, 0.15) is 0 Å². The topological polar surface area (TPSA) is 42.1 Å². The summed E-state index contributed by atoms with van der Waals surface area (Å²) in [5.41, 5.74) is 7.30. The highest BCUT2D eigenvalue weighted by atomic mass is 15.1. The fourth-order valence-electron chi connectivity index (χ4n) is 2.39. The Morgan fingerprint density at radius 1 is 1.33 bits per heavy atom. The minimum absolute atomic E-state index is 0.222. The van der Waals surface area contributed by atoms with Crippen LogP contribution in [-0.4, -0.2) is 29.5 Å². The number of pyridine rings is 1. The highest BCUT2D eigenvalue weighted by Crippen LogP contribution is 2.23. The molecular weight excluding hydrogens is 222 g/mol. The predicted molar refractivity (Wildman–Crippen MR) is 77.3 cm³/mol. The van der Waals surface area contributed by atoms with E-state index in [1.807, 2.05) is 18.3 Å². The van der Waals surface area contributed by atoms with E-state index in [1.165, 1.54) is 12.8 Å². The zero-order valence-electron chi connectivity index (χ0n) is 12.0. The van der Waals surface area contributed by atoms with Crippen molar-refractivity contribution in [2.75, 3.05) is 19.6 Å². The minimum Gasteiger partial charge on any atom is -0.330 e. The standard InChI is InChI=1S/C15H27N3/c1-4-9-15(3,12-16)13-18(5-2)11-14-8-6-7-10-17-14/h6-8,10H,4-5,9,11-13,16H2,1-3H3. The molecule has 18 heavy (non-hydrogen) atoms. The van der Waals surface area contributed by atoms with Gasteiger partial charge < -0.3 is 5.73 Å². The van der Waals surface area contributed by atoms with Crippen LogP contribution in [0.2, 0.25) is 0 Å². The summed E-state index contributed by atoms with van der Waals surface area (Å²) in [6.07, 6.45) is 4.23. The van der Waals surface area contributed by atoms with Gasteiger partial charge in [-0.25, -0.2) is 0 Å². The van der Waals surface area contributed by atoms with Crippen molar-refractivity contribution in [1.82, 2.24) is 9.88 Å². The van der Waals surface area contributed by atoms with Gasteiger partial charge in [0.15, 0.2) is 0 Å². The summed E-state index contributed by atoms with van der Waals surface area (Å²) in [5.74, 6) is 0. The van der Waals surface area contributed by atoms with Gasteiger partial charge in [0, 0.05) is 19.3 Å². The van der Waals surface area contributed by atoms with E-state index in [0.717, 1.165) is 31.9 Å². The van der Waals surface area contributed by atoms with Crippen LogP contribution in [0.3, 0.4) is 0 Å². The van der Waals surface area contributed by atoms with Gasteiger partial charge in [-0.2, -0.15) is 0 Å². The van der Waals surface area contributed by atoms with Gasteiger partial charge in [-0.1, -0.05) is 33.3 Å². The van der Waals surface area contributed by atoms with E-state index in [9.17, 15) is 0 Å². The molecule has 3 nitrogen and oxygen atoms in total. The Balaban J connectivity index is 2.61. The molecule has 1 aromatic rings. The van der Waals surface area contributed by atoms with E-state index >= 15 is 0 Å². The highest BCUT2D eigenvalue weighted by Gasteiger charge is 2.24. The molecule has 1 rings (SSSR count). The van der Waals surface area contributed by atoms with Gasteiger partial charge >= 0.3 is 0 Å². The SMILES string of the molecule is CCCC(C)(CN)CN(CC)Cc1ccccn1. The van der Waals surface area contributed by atoms with E-state index in [0.29, 0.717) is 0 Å². The number of rotatable bonds is 8. The molecule has 1 unspecified atom stereocenters. The minimum atomic E-state index is 0.222. The molecule has 1 heterocycles. The zero-order valence-corrected chi connectivity index (χ0v) is 12.0. The fourth-order valence-corrected chi connectivity index (χ4v) is 2.39. The molecule has 0 saturated heterocycles. The summed E-state index contributed by atoms with van der Waals surface area (Å²) >= 11 is 0. The molecule has 0 aliphatic heterocycles. The van der Waals surface area contributed by atoms with Crippen molar-refractivity contribution in [2.45, 2.75) is 40.2 Å². The molecule has 0 aliphatic carbocycles. The number of nitrogens with zero attached hydrogens (tertiary/aromatic N) is 2. The van der Waals surface area contributed by atoms with Gasteiger partial charge in [0.25, 0.3) is 0 Å². The van der Waals surface area contributed by atoms with Crippen molar-refractivity contribution >= 4 is 0 Å². The second kappa shape index (κ2) is 7.49. The monoisotopic (exact) mass is 249 g/mol. The average Bonchev–Trinajstić information content (AvgIpc) is 2.39. The molecule has 102 valence electrons. The van der Waals surface area contributed by atoms with Gasteiger partial charge in [-0.05, 0) is 37.1 Å². The molecular formula is C15H27N3. The second-order valence-corrected chi connectivity index (χ2v) is 5.39. The quantitative estimate of drug-likeness (QED) is 0.770. The normalized spacial score (nSPS) is 14.7. The Hall–Kier alpha value is -0.930. The third-order valence-corrected chi connectivity index (χ3v) is 3.51. The Morgan fingerprint density at radius 3 is 2.61 bits per heavy atom. The van der Waals surface area contributed by atoms with E-state index in [2.05, 4.69) is 36.7 Å². The van der Waals surface area contributed by atoms with Crippen molar-refractivity contribution in [1.29, 1.82) is 0 Å². The molecule has 0 amide bonds. The van der Waals surface area contributed by atoms with Crippen molar-refractivity contribution in [3.8, 4) is 0 Å². The van der Waals surface area contributed by atoms with Crippen LogP contribution in [0, 0.1) is 5.41 Å². The van der Waals surface area contributed by atoms with Crippen LogP contribution in [0.5, 0.6) is 0 Å². The zero-order chi connectivity index (χ0) is 13.4. The van der Waals surface area contributed by atoms with Crippen LogP contribution in [0.1, 0.15) is 39.3 Å². The molecule has 1 atom stereocenters. The first-order chi connectivity index (χ1) is 8.63. The Labute approximate surface area is 111 Å². The van der Waals surface area contributed by atoms with Crippen LogP contribution in [0.15, 0.2) is 24.4 Å². The number of hydrogen-bond donors (Lipinski definition) is 1. The first-order valence-electron chi connectivity index (χ1n) is 6.96. The maximum absolute atomic E-state index is 5.95. The first kappa shape index (κ1) is 15.1. The largest absolute Gasteiger partial charge is 0.330 e. The molecule has 0 radical (unpaired) electrons. The Kier molecular flexibility index (Phi) is 6.30. The lowest BCUT2D eigenvalue weighted by Gasteiger charge is -2.34. The number of hydrogen-bond acceptors (Lipinski definition) is 3. The molecule has 2 N–H and O–H groups in total. The lowest BCUT2D eigenvalue weighted by molar-refractivity contribution is 0.157. The van der Waals surface area contributed by atoms with Gasteiger partial charge in [-0.3, -0.25) is 9.88 Å². The lowest BCUT2D eigenvalue weighted by Crippen LogP contribution is -2.40. The van der Waals surface area contributed by atoms with E-state index in [1.54, 1.807) is 0 Å². The maximum atomic E-state index is 5.95. The number of nitrogens with two attached hydrogens (primary N) is 1. The fraction of sp³-hybridized carbons (Fsp3) is 0.667. The second-order valence-electron chi connectivity index (χ2n) is 5.39. The molecule has 3 heteroatoms. The number of aromatic nitrogens is 1. The van der Waals surface area contributed by atoms with Crippen LogP contribution in [-0.2, 0) is 6.54 Å². The van der Waals surface area contributed by atoms with Crippen molar-refractivity contribution in [3.05, 3.63) is 30.1 Å². The van der Waals surface area contributed by atoms with E-state index in [-0.39, 0.29) is 5.41 Å². The third-order valence-electron chi connectivity index (χ3n) is 3.51. The van der Waals surface area contributed by atoms with Gasteiger partial charge in [0.05, 0.1) is 5.69 Å². The summed E-state index contributed by atoms with van der Waals surface area (Å²) in [4.78, 5) is 6.83. The molecule has 0 saturated carbocycles. The van der Waals surface area contributed by atoms with Gasteiger partial charge in [0.2, 0.25) is 0 Å². The van der Waals surface area contributed by atoms with Crippen molar-refractivity contribution in [3.63, 3.8) is 0 Å². The highest BCUT2D eigenvalue weighted by molar-refractivity contribution is 5.03. The summed E-state index contributed by atoms with van der Waals surface area (Å²) in [5, 5.41) is 0. The van der Waals surface area contributed by atoms with Crippen LogP contribution < -0.4 is 5.73 Å². The first-order valence-corrected chi connectivity index (χ1v) is 6.96. The van der Waals surface area contributed by atoms with Crippen molar-refractivity contribution in [2.24, 2.45) is 11.1 Å². The average molecular weight is 249 g/mol. The molecule has 1 aromatic heterocycles. The summed E-state index contributed by atoms with van der Waals surface area (Å²) in [7, 11) is 0. The van der Waals surface area contributed by atoms with E-state index in [4.69, 9.17) is 5.73 Å². The Morgan fingerprint density at radius 2 is 2.11 bits per heavy atom. The molecule has 0 bridgehead atoms. The van der Waals surface area contributed by atoms with Crippen LogP contribution >= 0.6 is 0 Å². The molecule has 0 spiro atoms. The van der Waals surface area contributed by atoms with Crippen molar-refractivity contribution < 1.29 is 0 Å². The van der Waals surface area contributed by atoms with E-state index < -0.39 is 0 Å². The summed E-state index contributed by atoms with van der Waals surface area (Å²) < 4.78 is 0. The Bertz CT molecular complexity index is 326. The molecule has 0 aromatic carbocycles. The third kappa shape index (κ3) is 4.75. The maximum Gasteiger partial charge on any atom is 0.0543 e. The molecule has 0 fully saturated rings. The summed E-state index contributed by atoms with van der Waals surface area (Å²) in [6.45, 7) is 10.5. The smallest absolute Gasteiger partial charge is 0.0543 e. The predicted octanol–water partition coefficient (Wildman–Crippen LogP) is 2.67. The molecule has 0 aliphatic rings. The summed E-state index contributed by atoms with van der Waals surface area (Å²) in [6, 6.07) is 6.09. The lowest BCUT2D eigenvalue weighted by atomic mass is 9.85. The van der Waals surface area contributed by atoms with Crippen LogP contribution in [0.25, 0.3) is 0 Å². The van der Waals surface area contributed by atoms with Crippen LogP contribution in [0.4, 0.5) is 0 Å². The van der Waals surface area contributed by atoms with Gasteiger partial charge in [-0.15, -0.1) is 0 Å².